The van der Waals surface area contributed by atoms with Crippen molar-refractivity contribution in [3.63, 3.8) is 0 Å². The fourth-order valence-corrected chi connectivity index (χ4v) is 2.09. The van der Waals surface area contributed by atoms with E-state index < -0.39 is 0 Å². The fraction of sp³-hybridized carbons (Fsp3) is 0.400. The third-order valence-electron chi connectivity index (χ3n) is 3.38. The zero-order chi connectivity index (χ0) is 16.4. The normalized spacial score (nSPS) is 11.8. The quantitative estimate of drug-likeness (QED) is 0.679. The molecule has 0 bridgehead atoms. The molecule has 22 heavy (non-hydrogen) atoms. The Morgan fingerprint density at radius 2 is 1.95 bits per heavy atom. The summed E-state index contributed by atoms with van der Waals surface area (Å²) in [5, 5.41) is 8.79. The van der Waals surface area contributed by atoms with Crippen molar-refractivity contribution in [2.24, 2.45) is 0 Å². The Hall–Kier alpha value is -1.80. The lowest BCUT2D eigenvalue weighted by Gasteiger charge is -2.08. The van der Waals surface area contributed by atoms with Crippen molar-refractivity contribution in [2.45, 2.75) is 40.5 Å². The van der Waals surface area contributed by atoms with E-state index in [2.05, 4.69) is 39.0 Å². The summed E-state index contributed by atoms with van der Waals surface area (Å²) in [4.78, 5) is 0. The molecular formula is C20H28O2. The van der Waals surface area contributed by atoms with Gasteiger partial charge >= 0.3 is 0 Å². The largest absolute Gasteiger partial charge is 0.489 e. The molecule has 0 aliphatic carbocycles. The summed E-state index contributed by atoms with van der Waals surface area (Å²) in [7, 11) is 0. The van der Waals surface area contributed by atoms with Crippen molar-refractivity contribution in [2.75, 3.05) is 13.2 Å². The van der Waals surface area contributed by atoms with Gasteiger partial charge in [-0.25, -0.2) is 0 Å². The van der Waals surface area contributed by atoms with E-state index >= 15 is 0 Å². The number of hydrogen-bond donors (Lipinski definition) is 1. The van der Waals surface area contributed by atoms with Crippen LogP contribution in [0, 0.1) is 6.92 Å². The molecule has 2 heteroatoms. The molecule has 0 heterocycles. The zero-order valence-corrected chi connectivity index (χ0v) is 14.2. The molecule has 0 amide bonds. The Kier molecular flexibility index (Phi) is 8.31. The first kappa shape index (κ1) is 18.2. The van der Waals surface area contributed by atoms with Crippen LogP contribution in [0.3, 0.4) is 0 Å². The van der Waals surface area contributed by atoms with Crippen molar-refractivity contribution in [3.05, 3.63) is 58.7 Å². The Labute approximate surface area is 134 Å². The number of allylic oxidation sites excluding steroid dienone is 3. The highest BCUT2D eigenvalue weighted by atomic mass is 16.5. The highest BCUT2D eigenvalue weighted by molar-refractivity contribution is 5.53. The van der Waals surface area contributed by atoms with E-state index in [1.807, 2.05) is 25.1 Å². The summed E-state index contributed by atoms with van der Waals surface area (Å²) in [6, 6.07) is 6.05. The molecule has 0 aromatic heterocycles. The van der Waals surface area contributed by atoms with Crippen LogP contribution in [-0.2, 0) is 0 Å². The molecule has 0 aliphatic heterocycles. The van der Waals surface area contributed by atoms with Crippen LogP contribution in [0.15, 0.2) is 47.6 Å². The molecule has 120 valence electrons. The Morgan fingerprint density at radius 3 is 2.59 bits per heavy atom. The maximum absolute atomic E-state index is 8.79. The summed E-state index contributed by atoms with van der Waals surface area (Å²) in [6.45, 7) is 9.12. The average molecular weight is 300 g/mol. The maximum atomic E-state index is 8.79. The molecule has 0 radical (unpaired) electrons. The van der Waals surface area contributed by atoms with E-state index in [1.54, 1.807) is 6.08 Å². The standard InChI is InChI=1S/C20H28O2/c1-16(2)7-5-8-17(3)12-14-22-20-11-10-19(9-6-13-21)15-18(20)4/h6-7,9-12,15,21H,5,8,13-14H2,1-4H3/b9-6+,17-12+. The van der Waals surface area contributed by atoms with Crippen LogP contribution in [-0.4, -0.2) is 18.3 Å². The van der Waals surface area contributed by atoms with Crippen molar-refractivity contribution in [1.29, 1.82) is 0 Å². The van der Waals surface area contributed by atoms with Crippen LogP contribution in [0.4, 0.5) is 0 Å². The number of aliphatic hydroxyl groups excluding tert-OH is 1. The second kappa shape index (κ2) is 10.0. The summed E-state index contributed by atoms with van der Waals surface area (Å²) in [5.74, 6) is 0.912. The lowest BCUT2D eigenvalue weighted by molar-refractivity contribution is 0.343. The first-order chi connectivity index (χ1) is 10.5. The molecule has 0 spiro atoms. The Bertz CT molecular complexity index is 547. The van der Waals surface area contributed by atoms with Crippen LogP contribution in [0.2, 0.25) is 0 Å². The van der Waals surface area contributed by atoms with Crippen LogP contribution >= 0.6 is 0 Å². The minimum Gasteiger partial charge on any atom is -0.489 e. The number of benzene rings is 1. The zero-order valence-electron chi connectivity index (χ0n) is 14.2. The third-order valence-corrected chi connectivity index (χ3v) is 3.38. The Morgan fingerprint density at radius 1 is 1.18 bits per heavy atom. The van der Waals surface area contributed by atoms with Gasteiger partial charge in [-0.1, -0.05) is 35.4 Å². The molecule has 0 fully saturated rings. The van der Waals surface area contributed by atoms with Crippen LogP contribution in [0.25, 0.3) is 6.08 Å². The predicted octanol–water partition coefficient (Wildman–Crippen LogP) is 5.07. The number of aryl methyl sites for hydroxylation is 1. The van der Waals surface area contributed by atoms with Crippen LogP contribution < -0.4 is 4.74 Å². The van der Waals surface area contributed by atoms with Gasteiger partial charge in [0.05, 0.1) is 6.61 Å². The predicted molar refractivity (Wildman–Crippen MR) is 95.2 cm³/mol. The molecule has 0 saturated heterocycles. The van der Waals surface area contributed by atoms with E-state index in [0.717, 1.165) is 29.7 Å². The number of aliphatic hydroxyl groups is 1. The topological polar surface area (TPSA) is 29.5 Å². The lowest BCUT2D eigenvalue weighted by Crippen LogP contribution is -1.97. The van der Waals surface area contributed by atoms with E-state index in [0.29, 0.717) is 6.61 Å². The minimum absolute atomic E-state index is 0.0636. The molecular weight excluding hydrogens is 272 g/mol. The van der Waals surface area contributed by atoms with Gasteiger partial charge in [-0.3, -0.25) is 0 Å². The monoisotopic (exact) mass is 300 g/mol. The van der Waals surface area contributed by atoms with Crippen molar-refractivity contribution >= 4 is 6.08 Å². The summed E-state index contributed by atoms with van der Waals surface area (Å²) in [5.41, 5.74) is 4.91. The number of rotatable bonds is 8. The smallest absolute Gasteiger partial charge is 0.122 e. The van der Waals surface area contributed by atoms with Gasteiger partial charge in [0, 0.05) is 0 Å². The van der Waals surface area contributed by atoms with Gasteiger partial charge in [0.1, 0.15) is 12.4 Å². The van der Waals surface area contributed by atoms with E-state index in [9.17, 15) is 0 Å². The molecule has 1 aromatic carbocycles. The summed E-state index contributed by atoms with van der Waals surface area (Å²) in [6.07, 6.45) is 10.2. The summed E-state index contributed by atoms with van der Waals surface area (Å²) < 4.78 is 5.83. The first-order valence-corrected chi connectivity index (χ1v) is 7.82. The minimum atomic E-state index is 0.0636. The van der Waals surface area contributed by atoms with Gasteiger partial charge in [-0.2, -0.15) is 0 Å². The van der Waals surface area contributed by atoms with E-state index in [-0.39, 0.29) is 6.61 Å². The van der Waals surface area contributed by atoms with Gasteiger partial charge in [0.15, 0.2) is 0 Å². The average Bonchev–Trinajstić information content (AvgIpc) is 2.46. The molecule has 1 N–H and O–H groups in total. The maximum Gasteiger partial charge on any atom is 0.122 e. The third kappa shape index (κ3) is 7.28. The highest BCUT2D eigenvalue weighted by Gasteiger charge is 1.99. The molecule has 0 unspecified atom stereocenters. The van der Waals surface area contributed by atoms with Crippen molar-refractivity contribution < 1.29 is 9.84 Å². The second-order valence-electron chi connectivity index (χ2n) is 5.79. The lowest BCUT2D eigenvalue weighted by atomic mass is 10.1. The molecule has 1 rings (SSSR count). The molecule has 1 aromatic rings. The van der Waals surface area contributed by atoms with Gasteiger partial charge < -0.3 is 9.84 Å². The van der Waals surface area contributed by atoms with Crippen molar-refractivity contribution in [1.82, 2.24) is 0 Å². The van der Waals surface area contributed by atoms with Gasteiger partial charge in [-0.05, 0) is 69.9 Å². The van der Waals surface area contributed by atoms with Crippen molar-refractivity contribution in [3.8, 4) is 5.75 Å². The molecule has 0 aliphatic rings. The SMILES string of the molecule is CC(C)=CCC/C(C)=C/COc1ccc(/C=C/CO)cc1C. The number of hydrogen-bond acceptors (Lipinski definition) is 2. The van der Waals surface area contributed by atoms with Gasteiger partial charge in [0.25, 0.3) is 0 Å². The van der Waals surface area contributed by atoms with E-state index in [4.69, 9.17) is 9.84 Å². The highest BCUT2D eigenvalue weighted by Crippen LogP contribution is 2.20. The fourth-order valence-electron chi connectivity index (χ4n) is 2.09. The first-order valence-electron chi connectivity index (χ1n) is 7.82. The molecule has 0 atom stereocenters. The second-order valence-corrected chi connectivity index (χ2v) is 5.79. The Balaban J connectivity index is 2.50. The molecule has 2 nitrogen and oxygen atoms in total. The van der Waals surface area contributed by atoms with Crippen LogP contribution in [0.1, 0.15) is 44.7 Å². The van der Waals surface area contributed by atoms with Crippen LogP contribution in [0.5, 0.6) is 5.75 Å². The van der Waals surface area contributed by atoms with Gasteiger partial charge in [-0.15, -0.1) is 0 Å². The number of ether oxygens (including phenoxy) is 1. The van der Waals surface area contributed by atoms with E-state index in [1.165, 1.54) is 11.1 Å². The van der Waals surface area contributed by atoms with Gasteiger partial charge in [0.2, 0.25) is 0 Å². The summed E-state index contributed by atoms with van der Waals surface area (Å²) >= 11 is 0. The molecule has 0 saturated carbocycles.